The van der Waals surface area contributed by atoms with Crippen molar-refractivity contribution in [1.29, 1.82) is 0 Å². The fourth-order valence-corrected chi connectivity index (χ4v) is 4.29. The molecule has 1 saturated heterocycles. The molecule has 3 heterocycles. The van der Waals surface area contributed by atoms with Crippen LogP contribution in [0.2, 0.25) is 0 Å². The molecule has 172 valence electrons. The van der Waals surface area contributed by atoms with E-state index in [0.717, 1.165) is 16.3 Å². The first-order valence-corrected chi connectivity index (χ1v) is 11.6. The predicted octanol–water partition coefficient (Wildman–Crippen LogP) is 2.98. The summed E-state index contributed by atoms with van der Waals surface area (Å²) in [5.74, 6) is -0.699. The molecular weight excluding hydrogens is 443 g/mol. The molecule has 1 aliphatic heterocycles. The Morgan fingerprint density at radius 3 is 2.61 bits per heavy atom. The number of carbonyl (C=O) groups is 2. The molecule has 1 fully saturated rings. The van der Waals surface area contributed by atoms with Crippen molar-refractivity contribution in [2.75, 3.05) is 19.6 Å². The molecule has 0 spiro atoms. The number of hydrogen-bond donors (Lipinski definition) is 0. The fourth-order valence-electron chi connectivity index (χ4n) is 3.69. The van der Waals surface area contributed by atoms with Crippen LogP contribution in [-0.2, 0) is 33.9 Å². The third-order valence-electron chi connectivity index (χ3n) is 5.40. The van der Waals surface area contributed by atoms with Crippen LogP contribution < -0.4 is 0 Å². The first-order valence-electron chi connectivity index (χ1n) is 10.7. The van der Waals surface area contributed by atoms with Gasteiger partial charge in [0.25, 0.3) is 0 Å². The Kier molecular flexibility index (Phi) is 7.41. The Bertz CT molecular complexity index is 1090. The van der Waals surface area contributed by atoms with Crippen LogP contribution in [0.15, 0.2) is 54.2 Å². The van der Waals surface area contributed by atoms with Crippen LogP contribution in [0.5, 0.6) is 0 Å². The normalized spacial score (nSPS) is 16.7. The number of rotatable bonds is 7. The summed E-state index contributed by atoms with van der Waals surface area (Å²) in [6.45, 7) is 3.28. The summed E-state index contributed by atoms with van der Waals surface area (Å²) >= 11 is 1.54. The van der Waals surface area contributed by atoms with E-state index in [1.165, 1.54) is 28.4 Å². The zero-order chi connectivity index (χ0) is 23.2. The van der Waals surface area contributed by atoms with Crippen molar-refractivity contribution < 1.29 is 18.7 Å². The molecule has 0 N–H and O–H groups in total. The second-order valence-electron chi connectivity index (χ2n) is 8.00. The second kappa shape index (κ2) is 10.6. The maximum Gasteiger partial charge on any atom is 0.242 e. The van der Waals surface area contributed by atoms with Gasteiger partial charge in [0.15, 0.2) is 0 Å². The topological polar surface area (TPSA) is 75.6 Å². The van der Waals surface area contributed by atoms with Crippen molar-refractivity contribution in [3.05, 3.63) is 81.8 Å². The number of halogens is 1. The highest BCUT2D eigenvalue weighted by molar-refractivity contribution is 7.09. The number of nitrogens with zero attached hydrogens (tertiary/aromatic N) is 4. The summed E-state index contributed by atoms with van der Waals surface area (Å²) in [6.07, 6.45) is 3.13. The van der Waals surface area contributed by atoms with Gasteiger partial charge in [-0.1, -0.05) is 12.1 Å². The third kappa shape index (κ3) is 6.43. The SMILES string of the molecule is Cc1nc(CN2C[C@@H](OCc3ccncc3)CN(C(=O)Cc3ccc(F)cc3)CC2=O)cs1. The van der Waals surface area contributed by atoms with Gasteiger partial charge in [0.05, 0.1) is 42.9 Å². The van der Waals surface area contributed by atoms with Gasteiger partial charge in [-0.05, 0) is 42.3 Å². The number of carbonyl (C=O) groups excluding carboxylic acids is 2. The van der Waals surface area contributed by atoms with Crippen molar-refractivity contribution in [3.8, 4) is 0 Å². The fraction of sp³-hybridized carbons (Fsp3) is 0.333. The summed E-state index contributed by atoms with van der Waals surface area (Å²) in [5, 5.41) is 2.88. The lowest BCUT2D eigenvalue weighted by molar-refractivity contribution is -0.138. The highest BCUT2D eigenvalue weighted by Gasteiger charge is 2.31. The Morgan fingerprint density at radius 1 is 1.15 bits per heavy atom. The average Bonchev–Trinajstić information content (AvgIpc) is 3.15. The van der Waals surface area contributed by atoms with Crippen LogP contribution >= 0.6 is 11.3 Å². The van der Waals surface area contributed by atoms with Gasteiger partial charge in [-0.15, -0.1) is 11.3 Å². The van der Waals surface area contributed by atoms with Crippen LogP contribution in [0.4, 0.5) is 4.39 Å². The van der Waals surface area contributed by atoms with Gasteiger partial charge in [-0.2, -0.15) is 0 Å². The largest absolute Gasteiger partial charge is 0.370 e. The van der Waals surface area contributed by atoms with Crippen molar-refractivity contribution >= 4 is 23.2 Å². The van der Waals surface area contributed by atoms with Crippen molar-refractivity contribution in [3.63, 3.8) is 0 Å². The zero-order valence-corrected chi connectivity index (χ0v) is 19.1. The van der Waals surface area contributed by atoms with E-state index in [-0.39, 0.29) is 36.7 Å². The Hall–Kier alpha value is -3.17. The molecule has 1 aromatic carbocycles. The highest BCUT2D eigenvalue weighted by atomic mass is 32.1. The molecule has 3 aromatic rings. The van der Waals surface area contributed by atoms with Crippen LogP contribution in [0.3, 0.4) is 0 Å². The van der Waals surface area contributed by atoms with Crippen LogP contribution in [-0.4, -0.2) is 57.3 Å². The van der Waals surface area contributed by atoms with E-state index in [4.69, 9.17) is 4.74 Å². The number of thiazole rings is 1. The average molecular weight is 469 g/mol. The van der Waals surface area contributed by atoms with Gasteiger partial charge in [0.1, 0.15) is 5.82 Å². The number of aryl methyl sites for hydroxylation is 1. The van der Waals surface area contributed by atoms with Crippen LogP contribution in [0.25, 0.3) is 0 Å². The number of pyridine rings is 1. The summed E-state index contributed by atoms with van der Waals surface area (Å²) in [5.41, 5.74) is 2.48. The molecule has 7 nitrogen and oxygen atoms in total. The van der Waals surface area contributed by atoms with Crippen molar-refractivity contribution in [2.24, 2.45) is 0 Å². The molecule has 0 aliphatic carbocycles. The van der Waals surface area contributed by atoms with E-state index in [1.807, 2.05) is 24.4 Å². The van der Waals surface area contributed by atoms with E-state index in [1.54, 1.807) is 29.4 Å². The lowest BCUT2D eigenvalue weighted by Crippen LogP contribution is -2.40. The number of amides is 2. The predicted molar refractivity (Wildman–Crippen MR) is 122 cm³/mol. The molecule has 1 aliphatic rings. The molecule has 0 radical (unpaired) electrons. The summed E-state index contributed by atoms with van der Waals surface area (Å²) in [4.78, 5) is 37.8. The number of ether oxygens (including phenoxy) is 1. The highest BCUT2D eigenvalue weighted by Crippen LogP contribution is 2.17. The molecule has 2 amide bonds. The van der Waals surface area contributed by atoms with Gasteiger partial charge in [0.2, 0.25) is 11.8 Å². The Morgan fingerprint density at radius 2 is 1.91 bits per heavy atom. The number of hydrogen-bond acceptors (Lipinski definition) is 6. The monoisotopic (exact) mass is 468 g/mol. The van der Waals surface area contributed by atoms with E-state index in [9.17, 15) is 14.0 Å². The molecule has 9 heteroatoms. The third-order valence-corrected chi connectivity index (χ3v) is 6.22. The van der Waals surface area contributed by atoms with Gasteiger partial charge in [-0.3, -0.25) is 14.6 Å². The summed E-state index contributed by atoms with van der Waals surface area (Å²) in [7, 11) is 0. The second-order valence-corrected chi connectivity index (χ2v) is 9.06. The van der Waals surface area contributed by atoms with E-state index in [2.05, 4.69) is 9.97 Å². The van der Waals surface area contributed by atoms with Gasteiger partial charge >= 0.3 is 0 Å². The van der Waals surface area contributed by atoms with Crippen LogP contribution in [0.1, 0.15) is 21.8 Å². The lowest BCUT2D eigenvalue weighted by Gasteiger charge is -2.24. The molecule has 0 saturated carbocycles. The van der Waals surface area contributed by atoms with Gasteiger partial charge in [0, 0.05) is 30.9 Å². The summed E-state index contributed by atoms with van der Waals surface area (Å²) in [6, 6.07) is 9.56. The molecule has 33 heavy (non-hydrogen) atoms. The Balaban J connectivity index is 1.48. The summed E-state index contributed by atoms with van der Waals surface area (Å²) < 4.78 is 19.3. The minimum atomic E-state index is -0.360. The number of benzene rings is 1. The van der Waals surface area contributed by atoms with E-state index in [0.29, 0.717) is 31.8 Å². The lowest BCUT2D eigenvalue weighted by atomic mass is 10.1. The first-order chi connectivity index (χ1) is 16.0. The van der Waals surface area contributed by atoms with Crippen molar-refractivity contribution in [2.45, 2.75) is 32.6 Å². The van der Waals surface area contributed by atoms with E-state index < -0.39 is 0 Å². The molecule has 0 unspecified atom stereocenters. The van der Waals surface area contributed by atoms with Gasteiger partial charge < -0.3 is 14.5 Å². The number of aromatic nitrogens is 2. The minimum Gasteiger partial charge on any atom is -0.370 e. The Labute approximate surface area is 195 Å². The standard InChI is InChI=1S/C24H25FN4O3S/c1-17-27-21(16-33-17)11-28-12-22(32-15-19-6-8-26-9-7-19)13-29(14-24(28)31)23(30)10-18-2-4-20(25)5-3-18/h2-9,16,22H,10-15H2,1H3/t22-/m1/s1. The first kappa shape index (κ1) is 23.0. The smallest absolute Gasteiger partial charge is 0.242 e. The van der Waals surface area contributed by atoms with Crippen LogP contribution in [0, 0.1) is 12.7 Å². The van der Waals surface area contributed by atoms with E-state index >= 15 is 0 Å². The molecule has 4 rings (SSSR count). The van der Waals surface area contributed by atoms with Crippen molar-refractivity contribution in [1.82, 2.24) is 19.8 Å². The molecule has 1 atom stereocenters. The molecule has 0 bridgehead atoms. The zero-order valence-electron chi connectivity index (χ0n) is 18.3. The molecular formula is C24H25FN4O3S. The minimum absolute atomic E-state index is 0.0295. The maximum absolute atomic E-state index is 13.2. The quantitative estimate of drug-likeness (QED) is 0.533. The maximum atomic E-state index is 13.2. The van der Waals surface area contributed by atoms with Gasteiger partial charge in [-0.25, -0.2) is 9.37 Å². The molecule has 2 aromatic heterocycles.